The maximum absolute atomic E-state index is 12.1. The van der Waals surface area contributed by atoms with Gasteiger partial charge in [0, 0.05) is 49.5 Å². The first kappa shape index (κ1) is 21.3. The minimum absolute atomic E-state index is 0.0558. The first-order valence-corrected chi connectivity index (χ1v) is 10.8. The molecular formula is C23H32N4O2. The van der Waals surface area contributed by atoms with Gasteiger partial charge >= 0.3 is 0 Å². The summed E-state index contributed by atoms with van der Waals surface area (Å²) < 4.78 is 0. The molecule has 0 atom stereocenters. The number of carbonyl (C=O) groups is 2. The molecule has 1 aliphatic heterocycles. The Labute approximate surface area is 173 Å². The van der Waals surface area contributed by atoms with E-state index >= 15 is 0 Å². The van der Waals surface area contributed by atoms with Crippen molar-refractivity contribution in [3.8, 4) is 6.07 Å². The van der Waals surface area contributed by atoms with E-state index in [9.17, 15) is 9.59 Å². The zero-order valence-electron chi connectivity index (χ0n) is 17.5. The molecular weight excluding hydrogens is 364 g/mol. The van der Waals surface area contributed by atoms with Crippen LogP contribution < -0.4 is 10.2 Å². The van der Waals surface area contributed by atoms with Gasteiger partial charge < -0.3 is 10.2 Å². The predicted octanol–water partition coefficient (Wildman–Crippen LogP) is 3.13. The highest BCUT2D eigenvalue weighted by molar-refractivity contribution is 5.95. The molecule has 1 saturated heterocycles. The fraction of sp³-hybridized carbons (Fsp3) is 0.609. The Kier molecular flexibility index (Phi) is 7.27. The fourth-order valence-electron chi connectivity index (χ4n) is 4.60. The largest absolute Gasteiger partial charge is 0.369 e. The molecule has 6 heteroatoms. The molecule has 156 valence electrons. The molecule has 1 amide bonds. The van der Waals surface area contributed by atoms with Crippen LogP contribution in [0.1, 0.15) is 62.2 Å². The molecule has 0 bridgehead atoms. The zero-order chi connectivity index (χ0) is 20.7. The highest BCUT2D eigenvalue weighted by Gasteiger charge is 2.34. The number of benzene rings is 1. The molecule has 0 spiro atoms. The predicted molar refractivity (Wildman–Crippen MR) is 114 cm³/mol. The lowest BCUT2D eigenvalue weighted by atomic mass is 9.79. The summed E-state index contributed by atoms with van der Waals surface area (Å²) in [5.41, 5.74) is 1.74. The Bertz CT molecular complexity index is 756. The van der Waals surface area contributed by atoms with Crippen LogP contribution in [0.25, 0.3) is 0 Å². The number of carbonyl (C=O) groups excluding carboxylic acids is 2. The van der Waals surface area contributed by atoms with E-state index in [-0.39, 0.29) is 23.7 Å². The van der Waals surface area contributed by atoms with Crippen molar-refractivity contribution in [3.05, 3.63) is 29.8 Å². The second-order valence-corrected chi connectivity index (χ2v) is 8.41. The number of nitriles is 1. The van der Waals surface area contributed by atoms with Crippen molar-refractivity contribution >= 4 is 17.4 Å². The number of nitrogens with one attached hydrogen (secondary N) is 1. The van der Waals surface area contributed by atoms with E-state index < -0.39 is 0 Å². The van der Waals surface area contributed by atoms with E-state index in [1.54, 1.807) is 6.92 Å². The van der Waals surface area contributed by atoms with Crippen molar-refractivity contribution in [2.45, 2.75) is 57.4 Å². The van der Waals surface area contributed by atoms with Crippen LogP contribution in [0.3, 0.4) is 0 Å². The number of Topliss-reactive ketones (excluding diaryl/α,β-unsaturated/α-hetero) is 1. The Morgan fingerprint density at radius 1 is 1.14 bits per heavy atom. The second kappa shape index (κ2) is 9.89. The first-order valence-electron chi connectivity index (χ1n) is 10.8. The van der Waals surface area contributed by atoms with Gasteiger partial charge in [0.25, 0.3) is 0 Å². The summed E-state index contributed by atoms with van der Waals surface area (Å²) in [4.78, 5) is 28.5. The van der Waals surface area contributed by atoms with Gasteiger partial charge in [-0.1, -0.05) is 31.4 Å². The van der Waals surface area contributed by atoms with Crippen LogP contribution in [0.2, 0.25) is 0 Å². The number of hydrogen-bond acceptors (Lipinski definition) is 5. The van der Waals surface area contributed by atoms with E-state index in [0.29, 0.717) is 0 Å². The Morgan fingerprint density at radius 3 is 2.52 bits per heavy atom. The van der Waals surface area contributed by atoms with Gasteiger partial charge in [0.1, 0.15) is 6.42 Å². The van der Waals surface area contributed by atoms with Gasteiger partial charge in [-0.15, -0.1) is 0 Å². The van der Waals surface area contributed by atoms with Crippen molar-refractivity contribution in [2.75, 3.05) is 37.6 Å². The summed E-state index contributed by atoms with van der Waals surface area (Å²) in [6.07, 6.45) is 6.45. The number of nitrogens with zero attached hydrogens (tertiary/aromatic N) is 3. The van der Waals surface area contributed by atoms with Crippen molar-refractivity contribution in [1.29, 1.82) is 5.26 Å². The maximum Gasteiger partial charge on any atom is 0.234 e. The molecule has 1 aromatic rings. The lowest BCUT2D eigenvalue weighted by molar-refractivity contribution is -0.122. The normalized spacial score (nSPS) is 19.4. The third-order valence-corrected chi connectivity index (χ3v) is 6.35. The van der Waals surface area contributed by atoms with Gasteiger partial charge in [-0.3, -0.25) is 14.5 Å². The van der Waals surface area contributed by atoms with E-state index in [4.69, 9.17) is 5.26 Å². The number of anilines is 1. The standard InChI is InChI=1S/C23H32N4O2/c1-19(28)20-6-5-7-21(18-20)27-16-14-26(15-17-27)13-11-23(9-3-2-4-10-23)25-22(29)8-12-24/h5-7,18H,2-4,8-11,13-17H2,1H3,(H,25,29). The Morgan fingerprint density at radius 2 is 1.86 bits per heavy atom. The smallest absolute Gasteiger partial charge is 0.234 e. The topological polar surface area (TPSA) is 76.4 Å². The van der Waals surface area contributed by atoms with E-state index in [1.165, 1.54) is 6.42 Å². The molecule has 2 fully saturated rings. The molecule has 6 nitrogen and oxygen atoms in total. The average molecular weight is 397 g/mol. The molecule has 0 aromatic heterocycles. The second-order valence-electron chi connectivity index (χ2n) is 8.41. The summed E-state index contributed by atoms with van der Waals surface area (Å²) in [6, 6.07) is 9.84. The van der Waals surface area contributed by atoms with Crippen molar-refractivity contribution in [3.63, 3.8) is 0 Å². The van der Waals surface area contributed by atoms with Crippen LogP contribution in [0.4, 0.5) is 5.69 Å². The SMILES string of the molecule is CC(=O)c1cccc(N2CCN(CCC3(NC(=O)CC#N)CCCCC3)CC2)c1. The molecule has 1 N–H and O–H groups in total. The van der Waals surface area contributed by atoms with Gasteiger partial charge in [-0.05, 0) is 38.3 Å². The number of rotatable bonds is 7. The molecule has 0 unspecified atom stereocenters. The van der Waals surface area contributed by atoms with Crippen LogP contribution in [-0.2, 0) is 4.79 Å². The molecule has 29 heavy (non-hydrogen) atoms. The zero-order valence-corrected chi connectivity index (χ0v) is 17.5. The third-order valence-electron chi connectivity index (χ3n) is 6.35. The Hall–Kier alpha value is -2.39. The molecule has 1 aliphatic carbocycles. The summed E-state index contributed by atoms with van der Waals surface area (Å²) in [5, 5.41) is 12.0. The van der Waals surface area contributed by atoms with Gasteiger partial charge in [-0.25, -0.2) is 0 Å². The average Bonchev–Trinajstić information content (AvgIpc) is 2.73. The lowest BCUT2D eigenvalue weighted by Crippen LogP contribution is -2.53. The molecule has 1 saturated carbocycles. The maximum atomic E-state index is 12.1. The number of amides is 1. The van der Waals surface area contributed by atoms with Crippen LogP contribution in [-0.4, -0.2) is 54.9 Å². The minimum Gasteiger partial charge on any atom is -0.369 e. The summed E-state index contributed by atoms with van der Waals surface area (Å²) in [7, 11) is 0. The van der Waals surface area contributed by atoms with Crippen LogP contribution in [0.5, 0.6) is 0 Å². The quantitative estimate of drug-likeness (QED) is 0.717. The van der Waals surface area contributed by atoms with Gasteiger partial charge in [0.15, 0.2) is 5.78 Å². The van der Waals surface area contributed by atoms with Crippen LogP contribution >= 0.6 is 0 Å². The number of hydrogen-bond donors (Lipinski definition) is 1. The lowest BCUT2D eigenvalue weighted by Gasteiger charge is -2.41. The van der Waals surface area contributed by atoms with Crippen molar-refractivity contribution < 1.29 is 9.59 Å². The monoisotopic (exact) mass is 396 g/mol. The van der Waals surface area contributed by atoms with Crippen molar-refractivity contribution in [2.24, 2.45) is 0 Å². The van der Waals surface area contributed by atoms with E-state index in [1.807, 2.05) is 24.3 Å². The highest BCUT2D eigenvalue weighted by Crippen LogP contribution is 2.31. The summed E-state index contributed by atoms with van der Waals surface area (Å²) in [5.74, 6) is -0.0358. The van der Waals surface area contributed by atoms with Gasteiger partial charge in [0.2, 0.25) is 5.91 Å². The molecule has 1 aromatic carbocycles. The molecule has 2 aliphatic rings. The fourth-order valence-corrected chi connectivity index (χ4v) is 4.60. The van der Waals surface area contributed by atoms with Gasteiger partial charge in [0.05, 0.1) is 6.07 Å². The molecule has 1 heterocycles. The van der Waals surface area contributed by atoms with E-state index in [0.717, 1.165) is 76.1 Å². The van der Waals surface area contributed by atoms with Crippen LogP contribution in [0.15, 0.2) is 24.3 Å². The Balaban J connectivity index is 1.53. The number of piperazine rings is 1. The minimum atomic E-state index is -0.140. The van der Waals surface area contributed by atoms with E-state index in [2.05, 4.69) is 21.2 Å². The van der Waals surface area contributed by atoms with Crippen molar-refractivity contribution in [1.82, 2.24) is 10.2 Å². The molecule has 3 rings (SSSR count). The number of ketones is 1. The summed E-state index contributed by atoms with van der Waals surface area (Å²) >= 11 is 0. The molecule has 0 radical (unpaired) electrons. The highest BCUT2D eigenvalue weighted by atomic mass is 16.1. The third kappa shape index (κ3) is 5.80. The van der Waals surface area contributed by atoms with Crippen LogP contribution in [0, 0.1) is 11.3 Å². The first-order chi connectivity index (χ1) is 14.0. The van der Waals surface area contributed by atoms with Gasteiger partial charge in [-0.2, -0.15) is 5.26 Å². The summed E-state index contributed by atoms with van der Waals surface area (Å²) in [6.45, 7) is 6.41.